The van der Waals surface area contributed by atoms with E-state index in [1.165, 1.54) is 6.07 Å². The predicted octanol–water partition coefficient (Wildman–Crippen LogP) is 12.5. The Balaban J connectivity index is 1.64. The first kappa shape index (κ1) is 38.6. The van der Waals surface area contributed by atoms with E-state index in [-0.39, 0.29) is 15.7 Å². The number of halogens is 16. The summed E-state index contributed by atoms with van der Waals surface area (Å²) in [6, 6.07) is 3.91. The Hall–Kier alpha value is -6.31. The first-order chi connectivity index (χ1) is 27.4. The third kappa shape index (κ3) is 5.55. The quantitative estimate of drug-likeness (QED) is 0.105. The topological polar surface area (TPSA) is 57.4 Å². The first-order valence-corrected chi connectivity index (χ1v) is 16.6. The molecular weight excluding hydrogens is 879 g/mol. The molecule has 6 aromatic rings. The van der Waals surface area contributed by atoms with Gasteiger partial charge in [0.1, 0.15) is 0 Å². The molecule has 2 N–H and O–H groups in total. The largest absolute Gasteiger partial charge is 0.354 e. The van der Waals surface area contributed by atoms with Gasteiger partial charge in [0, 0.05) is 33.2 Å². The molecule has 0 amide bonds. The lowest BCUT2D eigenvalue weighted by molar-refractivity contribution is 0.381. The van der Waals surface area contributed by atoms with Crippen LogP contribution < -0.4 is 0 Å². The molecule has 8 bridgehead atoms. The molecule has 0 saturated heterocycles. The van der Waals surface area contributed by atoms with Crippen molar-refractivity contribution in [1.29, 1.82) is 0 Å². The van der Waals surface area contributed by atoms with E-state index in [1.54, 1.807) is 0 Å². The van der Waals surface area contributed by atoms with Crippen molar-refractivity contribution in [3.05, 3.63) is 139 Å². The van der Waals surface area contributed by atoms with E-state index in [2.05, 4.69) is 35.9 Å². The van der Waals surface area contributed by atoms with E-state index in [0.717, 1.165) is 42.5 Å². The van der Waals surface area contributed by atoms with E-state index >= 15 is 26.3 Å². The standard InChI is InChI=1S/C38H10BrF15N4/c39-23-15-7-5-13(57-15)18(21-26(42)32(48)37(53)33(49)27(21)43)11-3-1-9(55-11)17(20-24(40)30(46)36(52)31(47)25(20)41)10-2-4-12(56-10)19(14-6-8-16(23)58-14)22-28(44)34(50)38(54)35(51)29(22)45/h1-8,55,58H/i13+1,14+1. The van der Waals surface area contributed by atoms with Gasteiger partial charge >= 0.3 is 0 Å². The Morgan fingerprint density at radius 1 is 0.293 bits per heavy atom. The first-order valence-electron chi connectivity index (χ1n) is 15.8. The highest BCUT2D eigenvalue weighted by molar-refractivity contribution is 9.10. The number of nitrogens with one attached hydrogen (secondary N) is 2. The van der Waals surface area contributed by atoms with E-state index in [9.17, 15) is 39.5 Å². The van der Waals surface area contributed by atoms with Crippen LogP contribution >= 0.6 is 15.9 Å². The fourth-order valence-corrected chi connectivity index (χ4v) is 6.89. The zero-order chi connectivity index (χ0) is 41.8. The molecular formula is C38H10BrF15N4. The van der Waals surface area contributed by atoms with Crippen molar-refractivity contribution in [1.82, 2.24) is 19.9 Å². The number of aromatic nitrogens is 4. The molecule has 0 spiro atoms. The highest BCUT2D eigenvalue weighted by Crippen LogP contribution is 2.43. The average Bonchev–Trinajstić information content (AvgIpc) is 4.06. The summed E-state index contributed by atoms with van der Waals surface area (Å²) in [6.07, 6.45) is 3.79. The van der Waals surface area contributed by atoms with E-state index in [1.807, 2.05) is 0 Å². The molecule has 8 rings (SSSR count). The second-order valence-corrected chi connectivity index (χ2v) is 13.1. The minimum Gasteiger partial charge on any atom is -0.354 e. The van der Waals surface area contributed by atoms with Gasteiger partial charge in [-0.2, -0.15) is 0 Å². The summed E-state index contributed by atoms with van der Waals surface area (Å²) in [4.78, 5) is 13.3. The van der Waals surface area contributed by atoms with E-state index in [4.69, 9.17) is 0 Å². The highest BCUT2D eigenvalue weighted by Gasteiger charge is 2.33. The van der Waals surface area contributed by atoms with Crippen LogP contribution in [0.2, 0.25) is 0 Å². The minimum atomic E-state index is -2.61. The van der Waals surface area contributed by atoms with Gasteiger partial charge in [-0.3, -0.25) is 0 Å². The maximum Gasteiger partial charge on any atom is 0.200 e. The molecule has 294 valence electrons. The normalized spacial score (nSPS) is 12.3. The van der Waals surface area contributed by atoms with Crippen molar-refractivity contribution in [2.45, 2.75) is 0 Å². The molecule has 3 aromatic heterocycles. The monoisotopic (exact) mass is 888 g/mol. The Labute approximate surface area is 319 Å². The smallest absolute Gasteiger partial charge is 0.200 e. The number of hydrogen-bond donors (Lipinski definition) is 2. The Kier molecular flexibility index (Phi) is 9.09. The van der Waals surface area contributed by atoms with Crippen molar-refractivity contribution in [3.8, 4) is 33.4 Å². The van der Waals surface area contributed by atoms with Crippen LogP contribution in [0, 0.1) is 87.3 Å². The molecule has 4 nitrogen and oxygen atoms in total. The molecule has 0 saturated carbocycles. The minimum absolute atomic E-state index is 0.0594. The van der Waals surface area contributed by atoms with Crippen molar-refractivity contribution < 1.29 is 65.9 Å². The van der Waals surface area contributed by atoms with Crippen LogP contribution in [0.3, 0.4) is 0 Å². The van der Waals surface area contributed by atoms with Gasteiger partial charge in [0.25, 0.3) is 0 Å². The van der Waals surface area contributed by atoms with Gasteiger partial charge in [0.15, 0.2) is 69.8 Å². The van der Waals surface area contributed by atoms with Crippen molar-refractivity contribution in [3.63, 3.8) is 0 Å². The predicted molar refractivity (Wildman–Crippen MR) is 182 cm³/mol. The van der Waals surface area contributed by atoms with Crippen LogP contribution in [0.15, 0.2) is 28.7 Å². The SMILES string of the molecule is Fc1c(F)c(F)c(-c2c3nc(c(-c4c(F)c(F)c(F)c(F)c4F)[13c]4ccc([nH]4)c(Br)c4n[13c](c(-c5c(F)c(F)c(F)c(F)c5F)c5ccc2[nH]5)C=C4)C=C3)c(F)c1F. The van der Waals surface area contributed by atoms with Gasteiger partial charge in [0.2, 0.25) is 17.5 Å². The van der Waals surface area contributed by atoms with Crippen molar-refractivity contribution in [2.24, 2.45) is 0 Å². The molecule has 0 unspecified atom stereocenters. The third-order valence-electron chi connectivity index (χ3n) is 9.07. The summed E-state index contributed by atoms with van der Waals surface area (Å²) < 4.78 is 224. The van der Waals surface area contributed by atoms with Gasteiger partial charge in [-0.25, -0.2) is 75.8 Å². The lowest BCUT2D eigenvalue weighted by Crippen LogP contribution is -2.06. The molecule has 58 heavy (non-hydrogen) atoms. The summed E-state index contributed by atoms with van der Waals surface area (Å²) in [5.41, 5.74) is -11.8. The molecule has 0 aliphatic carbocycles. The molecule has 2 aliphatic rings. The fourth-order valence-electron chi connectivity index (χ4n) is 6.43. The van der Waals surface area contributed by atoms with Crippen LogP contribution in [0.5, 0.6) is 0 Å². The summed E-state index contributed by atoms with van der Waals surface area (Å²) in [7, 11) is 0. The Morgan fingerprint density at radius 3 is 0.828 bits per heavy atom. The number of H-pyrrole nitrogens is 2. The van der Waals surface area contributed by atoms with Gasteiger partial charge in [0.05, 0.1) is 49.5 Å². The average molecular weight is 889 g/mol. The fraction of sp³-hybridized carbons (Fsp3) is 0. The maximum atomic E-state index is 15.6. The number of fused-ring (bicyclic) bond motifs is 8. The van der Waals surface area contributed by atoms with Crippen LogP contribution in [0.1, 0.15) is 22.8 Å². The second-order valence-electron chi connectivity index (χ2n) is 12.3. The van der Waals surface area contributed by atoms with Gasteiger partial charge in [-0.15, -0.1) is 0 Å². The van der Waals surface area contributed by atoms with Gasteiger partial charge in [-0.05, 0) is 64.5 Å². The molecule has 5 heterocycles. The number of hydrogen-bond acceptors (Lipinski definition) is 2. The molecule has 2 aliphatic heterocycles. The molecule has 3 aromatic carbocycles. The highest BCUT2D eigenvalue weighted by atomic mass is 79.9. The number of rotatable bonds is 3. The van der Waals surface area contributed by atoms with E-state index in [0.29, 0.717) is 0 Å². The summed E-state index contributed by atoms with van der Waals surface area (Å²) in [5, 5.41) is 0. The van der Waals surface area contributed by atoms with Crippen LogP contribution in [0.4, 0.5) is 65.9 Å². The molecule has 0 atom stereocenters. The second kappa shape index (κ2) is 13.7. The molecule has 20 heteroatoms. The zero-order valence-corrected chi connectivity index (χ0v) is 29.1. The number of nitrogens with zero attached hydrogens (tertiary/aromatic N) is 2. The third-order valence-corrected chi connectivity index (χ3v) is 9.90. The Bertz CT molecular complexity index is 2940. The van der Waals surface area contributed by atoms with E-state index < -0.39 is 154 Å². The maximum absolute atomic E-state index is 15.6. The van der Waals surface area contributed by atoms with Crippen molar-refractivity contribution >= 4 is 62.3 Å². The number of aromatic amines is 2. The van der Waals surface area contributed by atoms with Gasteiger partial charge < -0.3 is 9.97 Å². The van der Waals surface area contributed by atoms with Crippen LogP contribution in [0.25, 0.3) is 79.8 Å². The lowest BCUT2D eigenvalue weighted by atomic mass is 10.0. The number of benzene rings is 3. The Morgan fingerprint density at radius 2 is 0.517 bits per heavy atom. The van der Waals surface area contributed by atoms with Crippen LogP contribution in [-0.4, -0.2) is 19.9 Å². The van der Waals surface area contributed by atoms with Crippen LogP contribution in [-0.2, 0) is 0 Å². The van der Waals surface area contributed by atoms with Gasteiger partial charge in [-0.1, -0.05) is 0 Å². The summed E-state index contributed by atoms with van der Waals surface area (Å²) >= 11 is 3.22. The summed E-state index contributed by atoms with van der Waals surface area (Å²) in [6.45, 7) is 0. The summed E-state index contributed by atoms with van der Waals surface area (Å²) in [5.74, 6) is -36.6. The van der Waals surface area contributed by atoms with Crippen molar-refractivity contribution in [2.75, 3.05) is 0 Å². The zero-order valence-electron chi connectivity index (χ0n) is 27.6. The lowest BCUT2D eigenvalue weighted by Gasteiger charge is -2.11. The molecule has 0 radical (unpaired) electrons. The molecule has 0 fully saturated rings.